The Bertz CT molecular complexity index is 734. The summed E-state index contributed by atoms with van der Waals surface area (Å²) in [5, 5.41) is 11.5. The van der Waals surface area contributed by atoms with Gasteiger partial charge in [-0.1, -0.05) is 12.1 Å². The highest BCUT2D eigenvalue weighted by Gasteiger charge is 2.34. The third-order valence-corrected chi connectivity index (χ3v) is 3.38. The molecule has 0 aliphatic carbocycles. The van der Waals surface area contributed by atoms with Crippen LogP contribution in [0.2, 0.25) is 0 Å². The Morgan fingerprint density at radius 1 is 1.09 bits per heavy atom. The quantitative estimate of drug-likeness (QED) is 0.924. The number of amides is 1. The molecule has 2 aromatic rings. The standard InChI is InChI=1S/C17H14N2O3/c1-11-16(22-15-5-3-2-4-14(15)21-11)17(20)19-13-8-6-12(10-18)7-9-13/h2-9,11,16H,1H3,(H,19,20). The summed E-state index contributed by atoms with van der Waals surface area (Å²) in [4.78, 5) is 12.4. The molecule has 0 aromatic heterocycles. The van der Waals surface area contributed by atoms with Crippen LogP contribution in [-0.2, 0) is 4.79 Å². The minimum Gasteiger partial charge on any atom is -0.482 e. The van der Waals surface area contributed by atoms with Crippen LogP contribution < -0.4 is 14.8 Å². The van der Waals surface area contributed by atoms with Crippen molar-refractivity contribution < 1.29 is 14.3 Å². The van der Waals surface area contributed by atoms with E-state index in [0.29, 0.717) is 22.7 Å². The summed E-state index contributed by atoms with van der Waals surface area (Å²) < 4.78 is 11.4. The number of nitrogens with one attached hydrogen (secondary N) is 1. The van der Waals surface area contributed by atoms with Crippen LogP contribution in [0, 0.1) is 11.3 Å². The molecule has 0 saturated carbocycles. The molecule has 0 spiro atoms. The van der Waals surface area contributed by atoms with Gasteiger partial charge in [-0.25, -0.2) is 0 Å². The summed E-state index contributed by atoms with van der Waals surface area (Å²) in [5.41, 5.74) is 1.15. The predicted octanol–water partition coefficient (Wildman–Crippen LogP) is 2.73. The van der Waals surface area contributed by atoms with Gasteiger partial charge in [0.15, 0.2) is 11.5 Å². The second-order valence-corrected chi connectivity index (χ2v) is 4.99. The fourth-order valence-electron chi connectivity index (χ4n) is 2.25. The molecule has 1 heterocycles. The van der Waals surface area contributed by atoms with Gasteiger partial charge >= 0.3 is 0 Å². The molecule has 2 unspecified atom stereocenters. The van der Waals surface area contributed by atoms with Gasteiger partial charge in [0.05, 0.1) is 11.6 Å². The predicted molar refractivity (Wildman–Crippen MR) is 80.7 cm³/mol. The van der Waals surface area contributed by atoms with Crippen LogP contribution in [0.25, 0.3) is 0 Å². The van der Waals surface area contributed by atoms with Crippen LogP contribution in [-0.4, -0.2) is 18.1 Å². The van der Waals surface area contributed by atoms with Crippen LogP contribution in [0.15, 0.2) is 48.5 Å². The SMILES string of the molecule is CC1Oc2ccccc2OC1C(=O)Nc1ccc(C#N)cc1. The maximum atomic E-state index is 12.4. The van der Waals surface area contributed by atoms with E-state index < -0.39 is 12.2 Å². The number of nitriles is 1. The van der Waals surface area contributed by atoms with E-state index in [9.17, 15) is 4.79 Å². The van der Waals surface area contributed by atoms with Crippen molar-refractivity contribution in [2.45, 2.75) is 19.1 Å². The van der Waals surface area contributed by atoms with Gasteiger partial charge in [0, 0.05) is 5.69 Å². The first-order valence-corrected chi connectivity index (χ1v) is 6.91. The highest BCUT2D eigenvalue weighted by molar-refractivity contribution is 5.95. The average Bonchev–Trinajstić information content (AvgIpc) is 2.54. The van der Waals surface area contributed by atoms with Crippen molar-refractivity contribution in [2.24, 2.45) is 0 Å². The number of hydrogen-bond acceptors (Lipinski definition) is 4. The first-order valence-electron chi connectivity index (χ1n) is 6.91. The van der Waals surface area contributed by atoms with E-state index in [1.807, 2.05) is 18.2 Å². The summed E-state index contributed by atoms with van der Waals surface area (Å²) in [6.45, 7) is 1.79. The second-order valence-electron chi connectivity index (χ2n) is 4.99. The summed E-state index contributed by atoms with van der Waals surface area (Å²) in [6.07, 6.45) is -1.13. The van der Waals surface area contributed by atoms with Crippen molar-refractivity contribution in [3.8, 4) is 17.6 Å². The lowest BCUT2D eigenvalue weighted by atomic mass is 10.1. The Kier molecular flexibility index (Phi) is 3.67. The number of hydrogen-bond donors (Lipinski definition) is 1. The number of benzene rings is 2. The van der Waals surface area contributed by atoms with Crippen molar-refractivity contribution in [3.05, 3.63) is 54.1 Å². The Morgan fingerprint density at radius 3 is 2.36 bits per heavy atom. The molecule has 1 aliphatic rings. The van der Waals surface area contributed by atoms with Gasteiger partial charge in [-0.3, -0.25) is 4.79 Å². The van der Waals surface area contributed by atoms with Gasteiger partial charge in [0.1, 0.15) is 6.10 Å². The number of carbonyl (C=O) groups is 1. The van der Waals surface area contributed by atoms with Gasteiger partial charge in [-0.2, -0.15) is 5.26 Å². The van der Waals surface area contributed by atoms with Crippen molar-refractivity contribution in [3.63, 3.8) is 0 Å². The number of nitrogens with zero attached hydrogens (tertiary/aromatic N) is 1. The Morgan fingerprint density at radius 2 is 1.73 bits per heavy atom. The number of para-hydroxylation sites is 2. The number of fused-ring (bicyclic) bond motifs is 1. The van der Waals surface area contributed by atoms with Crippen molar-refractivity contribution in [2.75, 3.05) is 5.32 Å². The van der Waals surface area contributed by atoms with Crippen LogP contribution in [0.1, 0.15) is 12.5 Å². The number of ether oxygens (including phenoxy) is 2. The number of carbonyl (C=O) groups excluding carboxylic acids is 1. The first-order chi connectivity index (χ1) is 10.7. The molecule has 22 heavy (non-hydrogen) atoms. The van der Waals surface area contributed by atoms with Gasteiger partial charge in [0.2, 0.25) is 6.10 Å². The van der Waals surface area contributed by atoms with E-state index in [1.54, 1.807) is 43.3 Å². The van der Waals surface area contributed by atoms with Crippen LogP contribution in [0.3, 0.4) is 0 Å². The second kappa shape index (κ2) is 5.78. The largest absolute Gasteiger partial charge is 0.482 e. The summed E-state index contributed by atoms with van der Waals surface area (Å²) in [5.74, 6) is 0.907. The molecule has 110 valence electrons. The van der Waals surface area contributed by atoms with Crippen LogP contribution >= 0.6 is 0 Å². The number of rotatable bonds is 2. The Hall–Kier alpha value is -3.00. The lowest BCUT2D eigenvalue weighted by Gasteiger charge is -2.31. The third kappa shape index (κ3) is 2.72. The molecule has 0 radical (unpaired) electrons. The summed E-state index contributed by atoms with van der Waals surface area (Å²) >= 11 is 0. The maximum absolute atomic E-state index is 12.4. The number of anilines is 1. The minimum atomic E-state index is -0.731. The van der Waals surface area contributed by atoms with E-state index in [2.05, 4.69) is 5.32 Å². The molecule has 5 nitrogen and oxygen atoms in total. The van der Waals surface area contributed by atoms with Gasteiger partial charge in [0.25, 0.3) is 5.91 Å². The zero-order chi connectivity index (χ0) is 15.5. The van der Waals surface area contributed by atoms with E-state index in [1.165, 1.54) is 0 Å². The molecule has 1 N–H and O–H groups in total. The lowest BCUT2D eigenvalue weighted by Crippen LogP contribution is -2.46. The first kappa shape index (κ1) is 14.0. The smallest absolute Gasteiger partial charge is 0.269 e. The summed E-state index contributed by atoms with van der Waals surface area (Å²) in [7, 11) is 0. The molecule has 5 heteroatoms. The minimum absolute atomic E-state index is 0.285. The third-order valence-electron chi connectivity index (χ3n) is 3.38. The van der Waals surface area contributed by atoms with E-state index in [0.717, 1.165) is 0 Å². The average molecular weight is 294 g/mol. The lowest BCUT2D eigenvalue weighted by molar-refractivity contribution is -0.128. The van der Waals surface area contributed by atoms with Crippen LogP contribution in [0.4, 0.5) is 5.69 Å². The van der Waals surface area contributed by atoms with Gasteiger partial charge < -0.3 is 14.8 Å². The van der Waals surface area contributed by atoms with E-state index in [-0.39, 0.29) is 5.91 Å². The topological polar surface area (TPSA) is 71.3 Å². The molecule has 1 amide bonds. The molecular formula is C17H14N2O3. The molecule has 2 aromatic carbocycles. The molecule has 0 bridgehead atoms. The van der Waals surface area contributed by atoms with E-state index in [4.69, 9.17) is 14.7 Å². The monoisotopic (exact) mass is 294 g/mol. The van der Waals surface area contributed by atoms with Gasteiger partial charge in [-0.15, -0.1) is 0 Å². The van der Waals surface area contributed by atoms with Crippen LogP contribution in [0.5, 0.6) is 11.5 Å². The van der Waals surface area contributed by atoms with Crippen molar-refractivity contribution in [1.29, 1.82) is 5.26 Å². The fourth-order valence-corrected chi connectivity index (χ4v) is 2.25. The Balaban J connectivity index is 1.73. The molecule has 2 atom stereocenters. The molecule has 0 fully saturated rings. The zero-order valence-electron chi connectivity index (χ0n) is 11.9. The van der Waals surface area contributed by atoms with E-state index >= 15 is 0 Å². The maximum Gasteiger partial charge on any atom is 0.269 e. The van der Waals surface area contributed by atoms with Crippen molar-refractivity contribution >= 4 is 11.6 Å². The normalized spacial score (nSPS) is 19.1. The van der Waals surface area contributed by atoms with Gasteiger partial charge in [-0.05, 0) is 43.3 Å². The highest BCUT2D eigenvalue weighted by atomic mass is 16.6. The zero-order valence-corrected chi connectivity index (χ0v) is 11.9. The molecule has 0 saturated heterocycles. The molecule has 1 aliphatic heterocycles. The molecular weight excluding hydrogens is 280 g/mol. The van der Waals surface area contributed by atoms with Crippen molar-refractivity contribution in [1.82, 2.24) is 0 Å². The summed E-state index contributed by atoms with van der Waals surface area (Å²) in [6, 6.07) is 15.9. The molecule has 3 rings (SSSR count). The Labute approximate surface area is 128 Å². The highest BCUT2D eigenvalue weighted by Crippen LogP contribution is 2.33. The fraction of sp³-hybridized carbons (Fsp3) is 0.176.